The number of nitriles is 3. The van der Waals surface area contributed by atoms with Gasteiger partial charge in [-0.3, -0.25) is 0 Å². The Bertz CT molecular complexity index is 614. The molecule has 5 heteroatoms. The maximum atomic E-state index is 9.19. The Morgan fingerprint density at radius 1 is 1.17 bits per heavy atom. The van der Waals surface area contributed by atoms with Crippen LogP contribution in [0.25, 0.3) is 0 Å². The normalized spacial score (nSPS) is 24.2. The lowest BCUT2D eigenvalue weighted by atomic mass is 9.95. The SMILES string of the molecule is N#CC(C#N)=C(N)C1(C#N)OC1c1ccccc1. The second kappa shape index (κ2) is 4.22. The van der Waals surface area contributed by atoms with Gasteiger partial charge >= 0.3 is 0 Å². The number of nitrogens with two attached hydrogens (primary N) is 1. The molecule has 18 heavy (non-hydrogen) atoms. The first-order valence-electron chi connectivity index (χ1n) is 5.14. The quantitative estimate of drug-likeness (QED) is 0.614. The van der Waals surface area contributed by atoms with Crippen LogP contribution in [0.2, 0.25) is 0 Å². The first-order chi connectivity index (χ1) is 8.69. The van der Waals surface area contributed by atoms with Gasteiger partial charge in [-0.05, 0) is 5.56 Å². The second-order valence-corrected chi connectivity index (χ2v) is 3.77. The van der Waals surface area contributed by atoms with Gasteiger partial charge in [0.05, 0.1) is 5.70 Å². The lowest BCUT2D eigenvalue weighted by Crippen LogP contribution is -2.22. The molecule has 1 aromatic rings. The minimum atomic E-state index is -1.39. The fourth-order valence-electron chi connectivity index (χ4n) is 1.76. The third-order valence-electron chi connectivity index (χ3n) is 2.78. The molecule has 2 atom stereocenters. The highest BCUT2D eigenvalue weighted by atomic mass is 16.6. The Morgan fingerprint density at radius 3 is 2.28 bits per heavy atom. The third kappa shape index (κ3) is 1.58. The van der Waals surface area contributed by atoms with Gasteiger partial charge in [0.2, 0.25) is 5.60 Å². The van der Waals surface area contributed by atoms with Gasteiger partial charge in [0.25, 0.3) is 0 Å². The van der Waals surface area contributed by atoms with E-state index < -0.39 is 11.7 Å². The number of allylic oxidation sites excluding steroid dienone is 1. The number of ether oxygens (including phenoxy) is 1. The van der Waals surface area contributed by atoms with Crippen LogP contribution in [0.5, 0.6) is 0 Å². The molecule has 86 valence electrons. The van der Waals surface area contributed by atoms with Crippen molar-refractivity contribution in [2.24, 2.45) is 5.73 Å². The van der Waals surface area contributed by atoms with E-state index in [1.54, 1.807) is 24.3 Å². The number of hydrogen-bond donors (Lipinski definition) is 1. The summed E-state index contributed by atoms with van der Waals surface area (Å²) in [6, 6.07) is 14.3. The van der Waals surface area contributed by atoms with Crippen LogP contribution >= 0.6 is 0 Å². The summed E-state index contributed by atoms with van der Waals surface area (Å²) in [7, 11) is 0. The molecule has 1 saturated heterocycles. The van der Waals surface area contributed by atoms with Crippen LogP contribution in [-0.2, 0) is 4.74 Å². The first kappa shape index (κ1) is 11.7. The molecule has 1 fully saturated rings. The molecule has 1 aromatic carbocycles. The van der Waals surface area contributed by atoms with E-state index in [2.05, 4.69) is 0 Å². The van der Waals surface area contributed by atoms with Crippen LogP contribution in [0.1, 0.15) is 11.7 Å². The summed E-state index contributed by atoms with van der Waals surface area (Å²) in [5.41, 5.74) is 4.70. The van der Waals surface area contributed by atoms with Gasteiger partial charge in [-0.25, -0.2) is 0 Å². The molecular weight excluding hydrogens is 228 g/mol. The number of benzene rings is 1. The average molecular weight is 236 g/mol. The zero-order chi connectivity index (χ0) is 13.2. The van der Waals surface area contributed by atoms with Gasteiger partial charge < -0.3 is 10.5 Å². The number of rotatable bonds is 2. The Morgan fingerprint density at radius 2 is 1.78 bits per heavy atom. The number of hydrogen-bond acceptors (Lipinski definition) is 5. The molecule has 0 bridgehead atoms. The standard InChI is InChI=1S/C13H8N4O/c14-6-10(7-15)11(17)13(8-16)12(18-13)9-4-2-1-3-5-9/h1-5,12H,17H2. The largest absolute Gasteiger partial charge is 0.397 e. The molecule has 0 amide bonds. The van der Waals surface area contributed by atoms with Crippen LogP contribution in [0.15, 0.2) is 41.6 Å². The van der Waals surface area contributed by atoms with Crippen LogP contribution < -0.4 is 5.73 Å². The summed E-state index contributed by atoms with van der Waals surface area (Å²) < 4.78 is 5.34. The lowest BCUT2D eigenvalue weighted by molar-refractivity contribution is 0.356. The summed E-state index contributed by atoms with van der Waals surface area (Å²) in [5.74, 6) is 0. The van der Waals surface area contributed by atoms with E-state index in [1.807, 2.05) is 24.3 Å². The Balaban J connectivity index is 2.41. The van der Waals surface area contributed by atoms with E-state index in [-0.39, 0.29) is 11.3 Å². The number of nitrogens with zero attached hydrogens (tertiary/aromatic N) is 3. The summed E-state index contributed by atoms with van der Waals surface area (Å²) >= 11 is 0. The van der Waals surface area contributed by atoms with Crippen molar-refractivity contribution in [2.75, 3.05) is 0 Å². The van der Waals surface area contributed by atoms with Crippen LogP contribution in [0.3, 0.4) is 0 Å². The molecule has 2 N–H and O–H groups in total. The third-order valence-corrected chi connectivity index (χ3v) is 2.78. The van der Waals surface area contributed by atoms with Gasteiger partial charge in [-0.2, -0.15) is 15.8 Å². The molecule has 5 nitrogen and oxygen atoms in total. The van der Waals surface area contributed by atoms with Gasteiger partial charge in [0, 0.05) is 0 Å². The monoisotopic (exact) mass is 236 g/mol. The molecule has 0 aliphatic carbocycles. The first-order valence-corrected chi connectivity index (χ1v) is 5.14. The van der Waals surface area contributed by atoms with Crippen molar-refractivity contribution < 1.29 is 4.74 Å². The molecular formula is C13H8N4O. The summed E-state index contributed by atoms with van der Waals surface area (Å²) in [4.78, 5) is 0. The summed E-state index contributed by atoms with van der Waals surface area (Å²) in [5, 5.41) is 26.7. The van der Waals surface area contributed by atoms with Crippen molar-refractivity contribution in [3.63, 3.8) is 0 Å². The minimum Gasteiger partial charge on any atom is -0.397 e. The molecule has 0 saturated carbocycles. The van der Waals surface area contributed by atoms with E-state index >= 15 is 0 Å². The van der Waals surface area contributed by atoms with Crippen molar-refractivity contribution in [3.05, 3.63) is 47.2 Å². The molecule has 1 aliphatic rings. The van der Waals surface area contributed by atoms with E-state index in [1.165, 1.54) is 0 Å². The fourth-order valence-corrected chi connectivity index (χ4v) is 1.76. The van der Waals surface area contributed by atoms with Gasteiger partial charge in [-0.1, -0.05) is 30.3 Å². The van der Waals surface area contributed by atoms with Crippen molar-refractivity contribution in [1.29, 1.82) is 15.8 Å². The lowest BCUT2D eigenvalue weighted by Gasteiger charge is -2.04. The number of epoxide rings is 1. The van der Waals surface area contributed by atoms with Gasteiger partial charge in [0.1, 0.15) is 24.3 Å². The predicted octanol–water partition coefficient (Wildman–Crippen LogP) is 1.28. The minimum absolute atomic E-state index is 0.121. The average Bonchev–Trinajstić information content (AvgIpc) is 3.17. The smallest absolute Gasteiger partial charge is 0.227 e. The highest BCUT2D eigenvalue weighted by molar-refractivity contribution is 5.51. The molecule has 0 aromatic heterocycles. The van der Waals surface area contributed by atoms with Crippen LogP contribution in [0, 0.1) is 34.0 Å². The second-order valence-electron chi connectivity index (χ2n) is 3.77. The zero-order valence-electron chi connectivity index (χ0n) is 9.29. The highest BCUT2D eigenvalue weighted by Crippen LogP contribution is 2.52. The highest BCUT2D eigenvalue weighted by Gasteiger charge is 2.61. The van der Waals surface area contributed by atoms with E-state index in [9.17, 15) is 5.26 Å². The Hall–Kier alpha value is -2.81. The van der Waals surface area contributed by atoms with Crippen molar-refractivity contribution in [1.82, 2.24) is 0 Å². The van der Waals surface area contributed by atoms with Gasteiger partial charge in [0.15, 0.2) is 5.57 Å². The fraction of sp³-hybridized carbons (Fsp3) is 0.154. The molecule has 0 spiro atoms. The molecule has 1 aliphatic heterocycles. The molecule has 2 rings (SSSR count). The maximum absolute atomic E-state index is 9.19. The molecule has 2 unspecified atom stereocenters. The molecule has 1 heterocycles. The summed E-state index contributed by atoms with van der Waals surface area (Å²) in [6.07, 6.45) is -0.527. The van der Waals surface area contributed by atoms with Gasteiger partial charge in [-0.15, -0.1) is 0 Å². The Labute approximate surface area is 104 Å². The topological polar surface area (TPSA) is 110 Å². The Kier molecular flexibility index (Phi) is 2.73. The van der Waals surface area contributed by atoms with E-state index in [4.69, 9.17) is 21.0 Å². The van der Waals surface area contributed by atoms with Crippen molar-refractivity contribution in [2.45, 2.75) is 11.7 Å². The van der Waals surface area contributed by atoms with E-state index in [0.717, 1.165) is 5.56 Å². The zero-order valence-corrected chi connectivity index (χ0v) is 9.29. The van der Waals surface area contributed by atoms with Crippen LogP contribution in [-0.4, -0.2) is 5.60 Å². The van der Waals surface area contributed by atoms with E-state index in [0.29, 0.717) is 0 Å². The van der Waals surface area contributed by atoms with Crippen molar-refractivity contribution >= 4 is 0 Å². The molecule has 0 radical (unpaired) electrons. The van der Waals surface area contributed by atoms with Crippen molar-refractivity contribution in [3.8, 4) is 18.2 Å². The maximum Gasteiger partial charge on any atom is 0.227 e. The van der Waals surface area contributed by atoms with Crippen LogP contribution in [0.4, 0.5) is 0 Å². The summed E-state index contributed by atoms with van der Waals surface area (Å²) in [6.45, 7) is 0. The predicted molar refractivity (Wildman–Crippen MR) is 61.1 cm³/mol.